The van der Waals surface area contributed by atoms with Gasteiger partial charge in [0.25, 0.3) is 0 Å². The Morgan fingerprint density at radius 1 is 0.774 bits per heavy atom. The van der Waals surface area contributed by atoms with Crippen LogP contribution in [0.2, 0.25) is 0 Å². The molecule has 1 amide bonds. The number of para-hydroxylation sites is 1. The topological polar surface area (TPSA) is 68.8 Å². The SMILES string of the molecule is CC(C)Oc1cccc(NCC(=O)Nc2ccc(OCCOc3ccccc3)cc2)c1. The fourth-order valence-corrected chi connectivity index (χ4v) is 2.81. The Morgan fingerprint density at radius 3 is 2.10 bits per heavy atom. The lowest BCUT2D eigenvalue weighted by molar-refractivity contribution is -0.114. The van der Waals surface area contributed by atoms with Crippen LogP contribution in [0, 0.1) is 0 Å². The third-order valence-corrected chi connectivity index (χ3v) is 4.16. The van der Waals surface area contributed by atoms with Crippen LogP contribution in [-0.2, 0) is 4.79 Å². The summed E-state index contributed by atoms with van der Waals surface area (Å²) >= 11 is 0. The molecular formula is C25H28N2O4. The van der Waals surface area contributed by atoms with Crippen molar-refractivity contribution >= 4 is 17.3 Å². The molecular weight excluding hydrogens is 392 g/mol. The largest absolute Gasteiger partial charge is 0.491 e. The van der Waals surface area contributed by atoms with Gasteiger partial charge in [-0.05, 0) is 62.4 Å². The first-order valence-electron chi connectivity index (χ1n) is 10.3. The van der Waals surface area contributed by atoms with Gasteiger partial charge in [0.05, 0.1) is 12.6 Å². The van der Waals surface area contributed by atoms with E-state index < -0.39 is 0 Å². The van der Waals surface area contributed by atoms with E-state index in [1.54, 1.807) is 0 Å². The Balaban J connectivity index is 1.38. The first-order valence-corrected chi connectivity index (χ1v) is 10.3. The maximum absolute atomic E-state index is 12.2. The highest BCUT2D eigenvalue weighted by molar-refractivity contribution is 5.93. The minimum absolute atomic E-state index is 0.0990. The number of anilines is 2. The molecule has 0 unspecified atom stereocenters. The van der Waals surface area contributed by atoms with Crippen molar-refractivity contribution in [2.24, 2.45) is 0 Å². The van der Waals surface area contributed by atoms with Crippen LogP contribution >= 0.6 is 0 Å². The van der Waals surface area contributed by atoms with Crippen molar-refractivity contribution in [3.05, 3.63) is 78.9 Å². The van der Waals surface area contributed by atoms with Gasteiger partial charge in [-0.3, -0.25) is 4.79 Å². The third-order valence-electron chi connectivity index (χ3n) is 4.16. The van der Waals surface area contributed by atoms with E-state index in [0.29, 0.717) is 18.9 Å². The first-order chi connectivity index (χ1) is 15.1. The van der Waals surface area contributed by atoms with Gasteiger partial charge in [-0.25, -0.2) is 0 Å². The van der Waals surface area contributed by atoms with Gasteiger partial charge < -0.3 is 24.8 Å². The Bertz CT molecular complexity index is 943. The molecule has 3 aromatic rings. The number of hydrogen-bond acceptors (Lipinski definition) is 5. The van der Waals surface area contributed by atoms with Gasteiger partial charge >= 0.3 is 0 Å². The van der Waals surface area contributed by atoms with Gasteiger partial charge in [-0.2, -0.15) is 0 Å². The molecule has 2 N–H and O–H groups in total. The van der Waals surface area contributed by atoms with Crippen LogP contribution in [-0.4, -0.2) is 31.8 Å². The molecule has 0 fully saturated rings. The van der Waals surface area contributed by atoms with E-state index in [-0.39, 0.29) is 18.6 Å². The van der Waals surface area contributed by atoms with Crippen molar-refractivity contribution in [2.45, 2.75) is 20.0 Å². The average molecular weight is 421 g/mol. The summed E-state index contributed by atoms with van der Waals surface area (Å²) in [5.41, 5.74) is 1.53. The predicted molar refractivity (Wildman–Crippen MR) is 123 cm³/mol. The van der Waals surface area contributed by atoms with Crippen LogP contribution in [0.5, 0.6) is 17.2 Å². The number of nitrogens with one attached hydrogen (secondary N) is 2. The van der Waals surface area contributed by atoms with Crippen molar-refractivity contribution in [1.82, 2.24) is 0 Å². The summed E-state index contributed by atoms with van der Waals surface area (Å²) in [5.74, 6) is 2.16. The van der Waals surface area contributed by atoms with Crippen molar-refractivity contribution < 1.29 is 19.0 Å². The zero-order valence-electron chi connectivity index (χ0n) is 17.8. The Morgan fingerprint density at radius 2 is 1.42 bits per heavy atom. The number of amides is 1. The summed E-state index contributed by atoms with van der Waals surface area (Å²) in [5, 5.41) is 5.97. The maximum Gasteiger partial charge on any atom is 0.243 e. The summed E-state index contributed by atoms with van der Waals surface area (Å²) in [7, 11) is 0. The van der Waals surface area contributed by atoms with Crippen molar-refractivity contribution in [3.8, 4) is 17.2 Å². The molecule has 0 saturated heterocycles. The van der Waals surface area contributed by atoms with Crippen LogP contribution in [0.15, 0.2) is 78.9 Å². The van der Waals surface area contributed by atoms with E-state index in [2.05, 4.69) is 10.6 Å². The van der Waals surface area contributed by atoms with Gasteiger partial charge in [0.2, 0.25) is 5.91 Å². The molecule has 6 nitrogen and oxygen atoms in total. The number of hydrogen-bond donors (Lipinski definition) is 2. The highest BCUT2D eigenvalue weighted by Gasteiger charge is 2.05. The van der Waals surface area contributed by atoms with E-state index in [1.807, 2.05) is 92.7 Å². The molecule has 0 aliphatic heterocycles. The van der Waals surface area contributed by atoms with E-state index in [0.717, 1.165) is 22.9 Å². The zero-order valence-corrected chi connectivity index (χ0v) is 17.8. The fraction of sp³-hybridized carbons (Fsp3) is 0.240. The Hall–Kier alpha value is -3.67. The van der Waals surface area contributed by atoms with Crippen LogP contribution in [0.1, 0.15) is 13.8 Å². The molecule has 0 saturated carbocycles. The highest BCUT2D eigenvalue weighted by atomic mass is 16.5. The molecule has 3 aromatic carbocycles. The van der Waals surface area contributed by atoms with Gasteiger partial charge in [0, 0.05) is 17.4 Å². The number of carbonyl (C=O) groups excluding carboxylic acids is 1. The van der Waals surface area contributed by atoms with E-state index >= 15 is 0 Å². The summed E-state index contributed by atoms with van der Waals surface area (Å²) in [6, 6.07) is 24.4. The monoisotopic (exact) mass is 420 g/mol. The Kier molecular flexibility index (Phi) is 8.17. The lowest BCUT2D eigenvalue weighted by atomic mass is 10.3. The molecule has 0 atom stereocenters. The number of carbonyl (C=O) groups is 1. The lowest BCUT2D eigenvalue weighted by Crippen LogP contribution is -2.21. The van der Waals surface area contributed by atoms with Crippen LogP contribution < -0.4 is 24.8 Å². The van der Waals surface area contributed by atoms with Crippen molar-refractivity contribution in [1.29, 1.82) is 0 Å². The molecule has 31 heavy (non-hydrogen) atoms. The summed E-state index contributed by atoms with van der Waals surface area (Å²) in [6.45, 7) is 4.99. The van der Waals surface area contributed by atoms with Crippen molar-refractivity contribution in [3.63, 3.8) is 0 Å². The highest BCUT2D eigenvalue weighted by Crippen LogP contribution is 2.19. The second-order valence-electron chi connectivity index (χ2n) is 7.13. The number of benzene rings is 3. The molecule has 162 valence electrons. The lowest BCUT2D eigenvalue weighted by Gasteiger charge is -2.12. The molecule has 0 aromatic heterocycles. The zero-order chi connectivity index (χ0) is 21.9. The Labute approximate surface area is 183 Å². The second kappa shape index (κ2) is 11.5. The molecule has 0 heterocycles. The molecule has 0 radical (unpaired) electrons. The van der Waals surface area contributed by atoms with Gasteiger partial charge in [-0.1, -0.05) is 24.3 Å². The standard InChI is InChI=1S/C25H28N2O4/c1-19(2)31-24-10-6-7-21(17-24)26-18-25(28)27-20-11-13-23(14-12-20)30-16-15-29-22-8-4-3-5-9-22/h3-14,17,19,26H,15-16,18H2,1-2H3,(H,27,28). The van der Waals surface area contributed by atoms with Gasteiger partial charge in [0.1, 0.15) is 30.5 Å². The summed E-state index contributed by atoms with van der Waals surface area (Å²) < 4.78 is 16.9. The van der Waals surface area contributed by atoms with Crippen LogP contribution in [0.25, 0.3) is 0 Å². The molecule has 0 aliphatic rings. The number of ether oxygens (including phenoxy) is 3. The molecule has 3 rings (SSSR count). The first kappa shape index (κ1) is 22.0. The van der Waals surface area contributed by atoms with Crippen molar-refractivity contribution in [2.75, 3.05) is 30.4 Å². The van der Waals surface area contributed by atoms with Crippen LogP contribution in [0.3, 0.4) is 0 Å². The van der Waals surface area contributed by atoms with Gasteiger partial charge in [-0.15, -0.1) is 0 Å². The molecule has 6 heteroatoms. The minimum atomic E-state index is -0.139. The summed E-state index contributed by atoms with van der Waals surface area (Å²) in [4.78, 5) is 12.2. The minimum Gasteiger partial charge on any atom is -0.491 e. The van der Waals surface area contributed by atoms with E-state index in [9.17, 15) is 4.79 Å². The average Bonchev–Trinajstić information content (AvgIpc) is 2.77. The quantitative estimate of drug-likeness (QED) is 0.428. The number of rotatable bonds is 11. The third kappa shape index (κ3) is 7.93. The van der Waals surface area contributed by atoms with E-state index in [4.69, 9.17) is 14.2 Å². The molecule has 0 bridgehead atoms. The maximum atomic E-state index is 12.2. The van der Waals surface area contributed by atoms with Crippen LogP contribution in [0.4, 0.5) is 11.4 Å². The van der Waals surface area contributed by atoms with Gasteiger partial charge in [0.15, 0.2) is 0 Å². The van der Waals surface area contributed by atoms with E-state index in [1.165, 1.54) is 0 Å². The normalized spacial score (nSPS) is 10.4. The molecule has 0 spiro atoms. The summed E-state index contributed by atoms with van der Waals surface area (Å²) in [6.07, 6.45) is 0.0990. The smallest absolute Gasteiger partial charge is 0.243 e. The second-order valence-corrected chi connectivity index (χ2v) is 7.13. The predicted octanol–water partition coefficient (Wildman–Crippen LogP) is 4.98. The fourth-order valence-electron chi connectivity index (χ4n) is 2.81. The molecule has 0 aliphatic carbocycles.